The van der Waals surface area contributed by atoms with Gasteiger partial charge in [0.15, 0.2) is 0 Å². The Morgan fingerprint density at radius 2 is 1.54 bits per heavy atom. The highest BCUT2D eigenvalue weighted by molar-refractivity contribution is 5.94. The summed E-state index contributed by atoms with van der Waals surface area (Å²) >= 11 is 0. The molecule has 2 N–H and O–H groups in total. The van der Waals surface area contributed by atoms with Gasteiger partial charge in [-0.2, -0.15) is 0 Å². The predicted octanol–water partition coefficient (Wildman–Crippen LogP) is 4.32. The Balaban J connectivity index is 1.51. The van der Waals surface area contributed by atoms with Gasteiger partial charge in [0.25, 0.3) is 0 Å². The lowest BCUT2D eigenvalue weighted by molar-refractivity contribution is -0.114. The van der Waals surface area contributed by atoms with Gasteiger partial charge in [-0.05, 0) is 54.6 Å². The zero-order valence-corrected chi connectivity index (χ0v) is 15.3. The highest BCUT2D eigenvalue weighted by Gasteiger charge is 2.07. The SMILES string of the molecule is COC(=O)c1cccc(NCC(=O)Nc2ccc(Oc3ccccc3)cc2)c1. The van der Waals surface area contributed by atoms with E-state index < -0.39 is 5.97 Å². The molecule has 0 unspecified atom stereocenters. The van der Waals surface area contributed by atoms with E-state index in [2.05, 4.69) is 15.4 Å². The van der Waals surface area contributed by atoms with Gasteiger partial charge in [0.1, 0.15) is 11.5 Å². The summed E-state index contributed by atoms with van der Waals surface area (Å²) in [5.74, 6) is 0.797. The predicted molar refractivity (Wildman–Crippen MR) is 108 cm³/mol. The maximum atomic E-state index is 12.1. The van der Waals surface area contributed by atoms with E-state index in [0.717, 1.165) is 5.75 Å². The number of ether oxygens (including phenoxy) is 2. The van der Waals surface area contributed by atoms with Gasteiger partial charge in [0.05, 0.1) is 19.2 Å². The van der Waals surface area contributed by atoms with E-state index in [1.807, 2.05) is 30.3 Å². The molecule has 0 saturated heterocycles. The Bertz CT molecular complexity index is 940. The summed E-state index contributed by atoms with van der Waals surface area (Å²) in [5, 5.41) is 5.79. The monoisotopic (exact) mass is 376 g/mol. The van der Waals surface area contributed by atoms with Crippen LogP contribution in [0.15, 0.2) is 78.9 Å². The van der Waals surface area contributed by atoms with Crippen molar-refractivity contribution in [3.63, 3.8) is 0 Å². The molecule has 0 atom stereocenters. The largest absolute Gasteiger partial charge is 0.465 e. The molecule has 28 heavy (non-hydrogen) atoms. The Morgan fingerprint density at radius 1 is 0.821 bits per heavy atom. The van der Waals surface area contributed by atoms with Crippen molar-refractivity contribution in [2.45, 2.75) is 0 Å². The van der Waals surface area contributed by atoms with Gasteiger partial charge in [-0.25, -0.2) is 4.79 Å². The van der Waals surface area contributed by atoms with E-state index >= 15 is 0 Å². The maximum Gasteiger partial charge on any atom is 0.337 e. The molecule has 1 amide bonds. The van der Waals surface area contributed by atoms with Crippen LogP contribution in [0.5, 0.6) is 11.5 Å². The van der Waals surface area contributed by atoms with Crippen LogP contribution < -0.4 is 15.4 Å². The molecule has 0 saturated carbocycles. The van der Waals surface area contributed by atoms with Crippen LogP contribution in [-0.2, 0) is 9.53 Å². The van der Waals surface area contributed by atoms with Crippen molar-refractivity contribution in [2.75, 3.05) is 24.3 Å². The first-order chi connectivity index (χ1) is 13.6. The number of benzene rings is 3. The molecular weight excluding hydrogens is 356 g/mol. The molecule has 0 heterocycles. The number of carbonyl (C=O) groups excluding carboxylic acids is 2. The van der Waals surface area contributed by atoms with Gasteiger partial charge in [0.2, 0.25) is 5.91 Å². The minimum Gasteiger partial charge on any atom is -0.465 e. The fraction of sp³-hybridized carbons (Fsp3) is 0.0909. The van der Waals surface area contributed by atoms with Crippen molar-refractivity contribution in [3.8, 4) is 11.5 Å². The Hall–Kier alpha value is -3.80. The second-order valence-corrected chi connectivity index (χ2v) is 5.91. The van der Waals surface area contributed by atoms with Gasteiger partial charge in [-0.1, -0.05) is 24.3 Å². The molecule has 0 bridgehead atoms. The molecule has 6 nitrogen and oxygen atoms in total. The summed E-state index contributed by atoms with van der Waals surface area (Å²) in [6.45, 7) is 0.0624. The first-order valence-electron chi connectivity index (χ1n) is 8.69. The zero-order valence-electron chi connectivity index (χ0n) is 15.3. The van der Waals surface area contributed by atoms with Crippen LogP contribution in [-0.4, -0.2) is 25.5 Å². The van der Waals surface area contributed by atoms with E-state index in [-0.39, 0.29) is 12.5 Å². The maximum absolute atomic E-state index is 12.1. The lowest BCUT2D eigenvalue weighted by Crippen LogP contribution is -2.21. The molecule has 0 fully saturated rings. The second-order valence-electron chi connectivity index (χ2n) is 5.91. The average molecular weight is 376 g/mol. The molecule has 0 aliphatic rings. The summed E-state index contributed by atoms with van der Waals surface area (Å²) in [4.78, 5) is 23.7. The van der Waals surface area contributed by atoms with Crippen LogP contribution in [0, 0.1) is 0 Å². The van der Waals surface area contributed by atoms with Crippen LogP contribution >= 0.6 is 0 Å². The fourth-order valence-corrected chi connectivity index (χ4v) is 2.49. The van der Waals surface area contributed by atoms with Crippen LogP contribution in [0.4, 0.5) is 11.4 Å². The third-order valence-electron chi connectivity index (χ3n) is 3.85. The smallest absolute Gasteiger partial charge is 0.337 e. The fourth-order valence-electron chi connectivity index (χ4n) is 2.49. The topological polar surface area (TPSA) is 76.7 Å². The molecule has 0 aromatic heterocycles. The van der Waals surface area contributed by atoms with E-state index in [4.69, 9.17) is 4.74 Å². The standard InChI is InChI=1S/C22H20N2O4/c1-27-22(26)16-6-5-7-18(14-16)23-15-21(25)24-17-10-12-20(13-11-17)28-19-8-3-2-4-9-19/h2-14,23H,15H2,1H3,(H,24,25). The summed E-state index contributed by atoms with van der Waals surface area (Å²) in [7, 11) is 1.33. The highest BCUT2D eigenvalue weighted by Crippen LogP contribution is 2.22. The van der Waals surface area contributed by atoms with Crippen molar-refractivity contribution in [2.24, 2.45) is 0 Å². The van der Waals surface area contributed by atoms with E-state index in [0.29, 0.717) is 22.7 Å². The van der Waals surface area contributed by atoms with Gasteiger partial charge < -0.3 is 20.1 Å². The molecule has 0 aliphatic carbocycles. The minimum absolute atomic E-state index is 0.0624. The van der Waals surface area contributed by atoms with E-state index in [9.17, 15) is 9.59 Å². The Morgan fingerprint density at radius 3 is 2.25 bits per heavy atom. The lowest BCUT2D eigenvalue weighted by atomic mass is 10.2. The number of methoxy groups -OCH3 is 1. The highest BCUT2D eigenvalue weighted by atomic mass is 16.5. The van der Waals surface area contributed by atoms with Crippen molar-refractivity contribution >= 4 is 23.3 Å². The van der Waals surface area contributed by atoms with E-state index in [1.165, 1.54) is 7.11 Å². The van der Waals surface area contributed by atoms with Crippen LogP contribution in [0.1, 0.15) is 10.4 Å². The third-order valence-corrected chi connectivity index (χ3v) is 3.85. The van der Waals surface area contributed by atoms with Crippen LogP contribution in [0.3, 0.4) is 0 Å². The number of rotatable bonds is 7. The van der Waals surface area contributed by atoms with Crippen LogP contribution in [0.2, 0.25) is 0 Å². The first-order valence-corrected chi connectivity index (χ1v) is 8.69. The average Bonchev–Trinajstić information content (AvgIpc) is 2.74. The first kappa shape index (κ1) is 19.0. The number of hydrogen-bond acceptors (Lipinski definition) is 5. The number of carbonyl (C=O) groups is 2. The van der Waals surface area contributed by atoms with Gasteiger partial charge >= 0.3 is 5.97 Å². The molecule has 0 spiro atoms. The molecule has 6 heteroatoms. The van der Waals surface area contributed by atoms with E-state index in [1.54, 1.807) is 48.5 Å². The molecule has 142 valence electrons. The lowest BCUT2D eigenvalue weighted by Gasteiger charge is -2.10. The molecule has 0 aliphatic heterocycles. The molecule has 0 radical (unpaired) electrons. The summed E-state index contributed by atoms with van der Waals surface area (Å²) in [5.41, 5.74) is 1.74. The van der Waals surface area contributed by atoms with Gasteiger partial charge in [-0.15, -0.1) is 0 Å². The number of nitrogens with one attached hydrogen (secondary N) is 2. The van der Waals surface area contributed by atoms with Crippen molar-refractivity contribution in [1.29, 1.82) is 0 Å². The molecule has 3 aromatic carbocycles. The number of esters is 1. The van der Waals surface area contributed by atoms with Crippen LogP contribution in [0.25, 0.3) is 0 Å². The number of amides is 1. The second kappa shape index (κ2) is 9.23. The molecular formula is C22H20N2O4. The Kier molecular flexibility index (Phi) is 6.25. The van der Waals surface area contributed by atoms with Crippen molar-refractivity contribution < 1.29 is 19.1 Å². The number of hydrogen-bond donors (Lipinski definition) is 2. The van der Waals surface area contributed by atoms with Crippen molar-refractivity contribution in [3.05, 3.63) is 84.4 Å². The third kappa shape index (κ3) is 5.35. The summed E-state index contributed by atoms with van der Waals surface area (Å²) in [6, 6.07) is 23.4. The molecule has 3 aromatic rings. The number of anilines is 2. The number of para-hydroxylation sites is 1. The minimum atomic E-state index is -0.425. The zero-order chi connectivity index (χ0) is 19.8. The molecule has 3 rings (SSSR count). The van der Waals surface area contributed by atoms with Gasteiger partial charge in [0, 0.05) is 11.4 Å². The normalized spacial score (nSPS) is 10.0. The quantitative estimate of drug-likeness (QED) is 0.601. The summed E-state index contributed by atoms with van der Waals surface area (Å²) in [6.07, 6.45) is 0. The van der Waals surface area contributed by atoms with Crippen molar-refractivity contribution in [1.82, 2.24) is 0 Å². The summed E-state index contributed by atoms with van der Waals surface area (Å²) < 4.78 is 10.4. The Labute approximate surface area is 163 Å². The van der Waals surface area contributed by atoms with Gasteiger partial charge in [-0.3, -0.25) is 4.79 Å².